The Labute approximate surface area is 120 Å². The number of carbonyl (C=O) groups excluding carboxylic acids is 1. The van der Waals surface area contributed by atoms with Crippen molar-refractivity contribution in [2.45, 2.75) is 12.8 Å². The smallest absolute Gasteiger partial charge is 0.323 e. The van der Waals surface area contributed by atoms with Crippen LogP contribution in [0.4, 0.5) is 0 Å². The van der Waals surface area contributed by atoms with E-state index in [1.54, 1.807) is 0 Å². The van der Waals surface area contributed by atoms with Gasteiger partial charge in [-0.25, -0.2) is 0 Å². The number of benzene rings is 1. The number of halogens is 1. The van der Waals surface area contributed by atoms with E-state index >= 15 is 0 Å². The molecule has 0 heterocycles. The van der Waals surface area contributed by atoms with Crippen molar-refractivity contribution < 1.29 is 14.7 Å². The van der Waals surface area contributed by atoms with Crippen molar-refractivity contribution in [3.05, 3.63) is 47.0 Å². The molecule has 0 saturated carbocycles. The Morgan fingerprint density at radius 2 is 2.16 bits per heavy atom. The number of rotatable bonds is 7. The summed E-state index contributed by atoms with van der Waals surface area (Å²) in [4.78, 5) is 23.9. The second kappa shape index (κ2) is 7.74. The molecule has 1 rings (SSSR count). The molecule has 0 aromatic heterocycles. The van der Waals surface area contributed by atoms with E-state index in [1.165, 1.54) is 11.0 Å². The fourth-order valence-corrected chi connectivity index (χ4v) is 2.12. The molecule has 1 amide bonds. The highest BCUT2D eigenvalue weighted by Gasteiger charge is 2.15. The molecule has 19 heavy (non-hydrogen) atoms. The van der Waals surface area contributed by atoms with Gasteiger partial charge in [0.2, 0.25) is 5.91 Å². The summed E-state index contributed by atoms with van der Waals surface area (Å²) >= 11 is 3.37. The Morgan fingerprint density at radius 1 is 1.42 bits per heavy atom. The van der Waals surface area contributed by atoms with E-state index in [4.69, 9.17) is 5.11 Å². The van der Waals surface area contributed by atoms with Crippen molar-refractivity contribution in [1.82, 2.24) is 4.90 Å². The molecule has 0 fully saturated rings. The van der Waals surface area contributed by atoms with Crippen molar-refractivity contribution in [1.29, 1.82) is 0 Å². The zero-order valence-corrected chi connectivity index (χ0v) is 12.1. The molecule has 0 saturated heterocycles. The number of amides is 1. The molecular weight excluding hydrogens is 310 g/mol. The normalized spacial score (nSPS) is 9.95. The van der Waals surface area contributed by atoms with Gasteiger partial charge in [-0.3, -0.25) is 9.59 Å². The van der Waals surface area contributed by atoms with Crippen LogP contribution >= 0.6 is 15.9 Å². The van der Waals surface area contributed by atoms with Crippen LogP contribution in [0.15, 0.2) is 41.4 Å². The summed E-state index contributed by atoms with van der Waals surface area (Å²) in [6.07, 6.45) is 2.41. The zero-order valence-electron chi connectivity index (χ0n) is 10.5. The predicted molar refractivity (Wildman–Crippen MR) is 76.9 cm³/mol. The highest BCUT2D eigenvalue weighted by atomic mass is 79.9. The van der Waals surface area contributed by atoms with Gasteiger partial charge in [0.1, 0.15) is 6.54 Å². The second-order valence-electron chi connectivity index (χ2n) is 4.09. The first-order chi connectivity index (χ1) is 9.02. The maximum absolute atomic E-state index is 11.9. The number of hydrogen-bond donors (Lipinski definition) is 1. The molecule has 0 bridgehead atoms. The topological polar surface area (TPSA) is 57.6 Å². The molecule has 0 aliphatic carbocycles. The lowest BCUT2D eigenvalue weighted by atomic mass is 10.1. The van der Waals surface area contributed by atoms with Crippen LogP contribution in [0.2, 0.25) is 0 Å². The summed E-state index contributed by atoms with van der Waals surface area (Å²) < 4.78 is 0.964. The van der Waals surface area contributed by atoms with Gasteiger partial charge in [-0.05, 0) is 24.1 Å². The third kappa shape index (κ3) is 5.70. The summed E-state index contributed by atoms with van der Waals surface area (Å²) in [5.41, 5.74) is 1.04. The molecule has 102 valence electrons. The molecule has 1 aromatic rings. The van der Waals surface area contributed by atoms with E-state index in [0.717, 1.165) is 10.0 Å². The quantitative estimate of drug-likeness (QED) is 0.783. The second-order valence-corrected chi connectivity index (χ2v) is 5.00. The largest absolute Gasteiger partial charge is 0.480 e. The van der Waals surface area contributed by atoms with Crippen LogP contribution in [0.1, 0.15) is 12.0 Å². The predicted octanol–water partition coefficient (Wildman–Crippen LogP) is 2.48. The van der Waals surface area contributed by atoms with E-state index in [9.17, 15) is 9.59 Å². The van der Waals surface area contributed by atoms with Crippen molar-refractivity contribution in [2.75, 3.05) is 13.1 Å². The molecule has 0 aliphatic rings. The minimum absolute atomic E-state index is 0.178. The number of hydrogen-bond acceptors (Lipinski definition) is 2. The average Bonchev–Trinajstić information content (AvgIpc) is 2.35. The number of nitrogens with zero attached hydrogens (tertiary/aromatic N) is 1. The van der Waals surface area contributed by atoms with Gasteiger partial charge in [0.25, 0.3) is 0 Å². The number of carbonyl (C=O) groups is 2. The van der Waals surface area contributed by atoms with Crippen LogP contribution in [0.25, 0.3) is 0 Å². The highest BCUT2D eigenvalue weighted by molar-refractivity contribution is 9.10. The Bertz CT molecular complexity index is 474. The lowest BCUT2D eigenvalue weighted by Crippen LogP contribution is -2.35. The number of aliphatic carboxylic acids is 1. The molecule has 0 aliphatic heterocycles. The van der Waals surface area contributed by atoms with Crippen molar-refractivity contribution in [3.63, 3.8) is 0 Å². The number of carboxylic acids is 1. The molecule has 0 spiro atoms. The van der Waals surface area contributed by atoms with Crippen LogP contribution in [0, 0.1) is 0 Å². The fourth-order valence-electron chi connectivity index (χ4n) is 1.68. The van der Waals surface area contributed by atoms with Crippen LogP contribution < -0.4 is 0 Å². The maximum Gasteiger partial charge on any atom is 0.323 e. The average molecular weight is 326 g/mol. The van der Waals surface area contributed by atoms with E-state index < -0.39 is 5.97 Å². The Hall–Kier alpha value is -1.62. The summed E-state index contributed by atoms with van der Waals surface area (Å²) in [7, 11) is 0. The van der Waals surface area contributed by atoms with Crippen LogP contribution in [-0.2, 0) is 16.0 Å². The van der Waals surface area contributed by atoms with Crippen LogP contribution in [0.3, 0.4) is 0 Å². The van der Waals surface area contributed by atoms with Gasteiger partial charge in [0, 0.05) is 17.4 Å². The fraction of sp³-hybridized carbons (Fsp3) is 0.286. The van der Waals surface area contributed by atoms with E-state index in [0.29, 0.717) is 6.42 Å². The van der Waals surface area contributed by atoms with Gasteiger partial charge < -0.3 is 10.0 Å². The lowest BCUT2D eigenvalue weighted by Gasteiger charge is -2.18. The minimum atomic E-state index is -1.02. The third-order valence-electron chi connectivity index (χ3n) is 2.54. The first-order valence-electron chi connectivity index (χ1n) is 5.88. The SMILES string of the molecule is C=CCN(CC(=O)O)C(=O)CCc1cccc(Br)c1. The minimum Gasteiger partial charge on any atom is -0.480 e. The molecule has 5 heteroatoms. The van der Waals surface area contributed by atoms with Gasteiger partial charge in [-0.1, -0.05) is 34.1 Å². The Balaban J connectivity index is 2.56. The third-order valence-corrected chi connectivity index (χ3v) is 3.04. The van der Waals surface area contributed by atoms with E-state index in [-0.39, 0.29) is 25.4 Å². The van der Waals surface area contributed by atoms with Gasteiger partial charge in [-0.15, -0.1) is 6.58 Å². The summed E-state index contributed by atoms with van der Waals surface area (Å²) in [6.45, 7) is 3.49. The molecule has 4 nitrogen and oxygen atoms in total. The first kappa shape index (κ1) is 15.4. The van der Waals surface area contributed by atoms with Crippen molar-refractivity contribution >= 4 is 27.8 Å². The molecule has 0 radical (unpaired) electrons. The van der Waals surface area contributed by atoms with Crippen molar-refractivity contribution in [3.8, 4) is 0 Å². The highest BCUT2D eigenvalue weighted by Crippen LogP contribution is 2.13. The zero-order chi connectivity index (χ0) is 14.3. The molecule has 0 unspecified atom stereocenters. The number of carboxylic acid groups (broad SMARTS) is 1. The van der Waals surface area contributed by atoms with Gasteiger partial charge in [0.15, 0.2) is 0 Å². The van der Waals surface area contributed by atoms with Gasteiger partial charge in [0.05, 0.1) is 0 Å². The van der Waals surface area contributed by atoms with Crippen LogP contribution in [-0.4, -0.2) is 35.0 Å². The van der Waals surface area contributed by atoms with Gasteiger partial charge in [-0.2, -0.15) is 0 Å². The van der Waals surface area contributed by atoms with Crippen molar-refractivity contribution in [2.24, 2.45) is 0 Å². The van der Waals surface area contributed by atoms with E-state index in [2.05, 4.69) is 22.5 Å². The number of aryl methyl sites for hydroxylation is 1. The lowest BCUT2D eigenvalue weighted by molar-refractivity contribution is -0.144. The Morgan fingerprint density at radius 3 is 2.74 bits per heavy atom. The van der Waals surface area contributed by atoms with Crippen LogP contribution in [0.5, 0.6) is 0 Å². The first-order valence-corrected chi connectivity index (χ1v) is 6.67. The molecule has 1 aromatic carbocycles. The monoisotopic (exact) mass is 325 g/mol. The molecule has 0 atom stereocenters. The summed E-state index contributed by atoms with van der Waals surface area (Å²) in [5.74, 6) is -1.19. The Kier molecular flexibility index (Phi) is 6.29. The maximum atomic E-state index is 11.9. The summed E-state index contributed by atoms with van der Waals surface area (Å²) in [5, 5.41) is 8.75. The van der Waals surface area contributed by atoms with Gasteiger partial charge >= 0.3 is 5.97 Å². The molecular formula is C14H16BrNO3. The summed E-state index contributed by atoms with van der Waals surface area (Å²) in [6, 6.07) is 7.71. The molecule has 1 N–H and O–H groups in total. The standard InChI is InChI=1S/C14H16BrNO3/c1-2-8-16(10-14(18)19)13(17)7-6-11-4-3-5-12(15)9-11/h2-5,9H,1,6-8,10H2,(H,18,19). The van der Waals surface area contributed by atoms with E-state index in [1.807, 2.05) is 24.3 Å².